The Morgan fingerprint density at radius 3 is 2.75 bits per heavy atom. The van der Waals surface area contributed by atoms with Gasteiger partial charge in [0.1, 0.15) is 17.8 Å². The van der Waals surface area contributed by atoms with E-state index in [1.165, 1.54) is 18.3 Å². The van der Waals surface area contributed by atoms with Gasteiger partial charge in [0.05, 0.1) is 17.4 Å². The molecule has 1 saturated heterocycles. The zero-order valence-corrected chi connectivity index (χ0v) is 17.4. The lowest BCUT2D eigenvalue weighted by Gasteiger charge is -2.27. The van der Waals surface area contributed by atoms with Gasteiger partial charge in [0, 0.05) is 43.4 Å². The van der Waals surface area contributed by atoms with Crippen LogP contribution in [0.4, 0.5) is 14.6 Å². The summed E-state index contributed by atoms with van der Waals surface area (Å²) in [6.45, 7) is 1.90. The summed E-state index contributed by atoms with van der Waals surface area (Å²) < 4.78 is 27.7. The number of nitrogens with zero attached hydrogens (tertiary/aromatic N) is 3. The lowest BCUT2D eigenvalue weighted by atomic mass is 10.1. The van der Waals surface area contributed by atoms with Crippen LogP contribution in [-0.4, -0.2) is 52.9 Å². The number of hydrogen-bond acceptors (Lipinski definition) is 6. The largest absolute Gasteiger partial charge is 0.368 e. The first-order valence-corrected chi connectivity index (χ1v) is 10.5. The van der Waals surface area contributed by atoms with Crippen molar-refractivity contribution >= 4 is 11.7 Å². The van der Waals surface area contributed by atoms with Crippen molar-refractivity contribution in [1.82, 2.24) is 25.8 Å². The minimum absolute atomic E-state index is 0.0693. The highest BCUT2D eigenvalue weighted by molar-refractivity contribution is 5.95. The van der Waals surface area contributed by atoms with E-state index >= 15 is 0 Å². The number of rotatable bonds is 9. The normalized spacial score (nSPS) is 14.4. The Balaban J connectivity index is 1.29. The fourth-order valence-corrected chi connectivity index (χ4v) is 3.30. The number of benzene rings is 1. The van der Waals surface area contributed by atoms with Crippen LogP contribution in [0.3, 0.4) is 0 Å². The van der Waals surface area contributed by atoms with Crippen molar-refractivity contribution in [3.05, 3.63) is 71.8 Å². The van der Waals surface area contributed by atoms with Gasteiger partial charge in [-0.25, -0.2) is 8.78 Å². The van der Waals surface area contributed by atoms with Crippen LogP contribution in [0, 0.1) is 5.82 Å². The van der Waals surface area contributed by atoms with E-state index in [0.29, 0.717) is 23.6 Å². The topological polar surface area (TPSA) is 91.8 Å². The molecule has 0 bridgehead atoms. The van der Waals surface area contributed by atoms with Gasteiger partial charge >= 0.3 is 0 Å². The van der Waals surface area contributed by atoms with E-state index in [9.17, 15) is 13.6 Å². The number of anilines is 1. The maximum Gasteiger partial charge on any atom is 0.251 e. The quantitative estimate of drug-likeness (QED) is 0.476. The Morgan fingerprint density at radius 2 is 2.03 bits per heavy atom. The van der Waals surface area contributed by atoms with E-state index in [2.05, 4.69) is 31.1 Å². The standard InChI is InChI=1S/C23H24F2N6O/c24-17(12-21-19(25)5-2-9-27-21)8-10-28-22-7-6-20(30-31-22)15-3-1-4-16(11-15)23(32)29-18-13-26-14-18/h1-7,9,11,17-18,26H,8,10,12-14H2,(H,28,31)(H,29,32)/t17-/m0/s1. The van der Waals surface area contributed by atoms with Crippen molar-refractivity contribution in [3.63, 3.8) is 0 Å². The van der Waals surface area contributed by atoms with E-state index in [-0.39, 0.29) is 30.5 Å². The van der Waals surface area contributed by atoms with Crippen LogP contribution in [0.15, 0.2) is 54.7 Å². The van der Waals surface area contributed by atoms with Gasteiger partial charge in [-0.05, 0) is 42.8 Å². The molecule has 1 amide bonds. The van der Waals surface area contributed by atoms with Gasteiger partial charge in [-0.15, -0.1) is 10.2 Å². The Bertz CT molecular complexity index is 1060. The number of hydrogen-bond donors (Lipinski definition) is 3. The fraction of sp³-hybridized carbons (Fsp3) is 0.304. The molecule has 32 heavy (non-hydrogen) atoms. The Hall–Kier alpha value is -3.46. The molecule has 7 nitrogen and oxygen atoms in total. The average Bonchev–Trinajstić information content (AvgIpc) is 2.78. The van der Waals surface area contributed by atoms with Crippen LogP contribution >= 0.6 is 0 Å². The van der Waals surface area contributed by atoms with Gasteiger partial charge in [-0.1, -0.05) is 12.1 Å². The molecule has 0 aliphatic carbocycles. The van der Waals surface area contributed by atoms with Crippen molar-refractivity contribution < 1.29 is 13.6 Å². The fourth-order valence-electron chi connectivity index (χ4n) is 3.30. The molecule has 166 valence electrons. The highest BCUT2D eigenvalue weighted by atomic mass is 19.1. The minimum Gasteiger partial charge on any atom is -0.368 e. The Morgan fingerprint density at radius 1 is 1.16 bits per heavy atom. The van der Waals surface area contributed by atoms with Crippen LogP contribution in [-0.2, 0) is 6.42 Å². The van der Waals surface area contributed by atoms with Gasteiger partial charge in [-0.3, -0.25) is 9.78 Å². The summed E-state index contributed by atoms with van der Waals surface area (Å²) in [6.07, 6.45) is 0.352. The molecule has 2 aromatic heterocycles. The molecule has 1 aliphatic heterocycles. The lowest BCUT2D eigenvalue weighted by molar-refractivity contribution is 0.0924. The maximum atomic E-state index is 14.1. The van der Waals surface area contributed by atoms with Crippen LogP contribution < -0.4 is 16.0 Å². The van der Waals surface area contributed by atoms with Crippen molar-refractivity contribution in [2.24, 2.45) is 0 Å². The molecular weight excluding hydrogens is 414 g/mol. The van der Waals surface area contributed by atoms with Crippen molar-refractivity contribution in [2.45, 2.75) is 25.1 Å². The number of pyridine rings is 1. The van der Waals surface area contributed by atoms with Gasteiger partial charge < -0.3 is 16.0 Å². The number of nitrogens with one attached hydrogen (secondary N) is 3. The molecule has 1 atom stereocenters. The number of amides is 1. The van der Waals surface area contributed by atoms with Crippen LogP contribution in [0.2, 0.25) is 0 Å². The molecule has 1 aromatic carbocycles. The first-order chi connectivity index (χ1) is 15.6. The second-order valence-corrected chi connectivity index (χ2v) is 7.66. The van der Waals surface area contributed by atoms with Crippen molar-refractivity contribution in [2.75, 3.05) is 25.0 Å². The summed E-state index contributed by atoms with van der Waals surface area (Å²) in [5.74, 6) is -0.0986. The molecule has 3 aromatic rings. The third-order valence-corrected chi connectivity index (χ3v) is 5.21. The first-order valence-electron chi connectivity index (χ1n) is 10.5. The van der Waals surface area contributed by atoms with Crippen molar-refractivity contribution in [3.8, 4) is 11.3 Å². The second-order valence-electron chi connectivity index (χ2n) is 7.66. The maximum absolute atomic E-state index is 14.1. The highest BCUT2D eigenvalue weighted by Crippen LogP contribution is 2.19. The molecule has 3 heterocycles. The highest BCUT2D eigenvalue weighted by Gasteiger charge is 2.19. The SMILES string of the molecule is O=C(NC1CNC1)c1cccc(-c2ccc(NCC[C@H](F)Cc3ncccc3F)nn2)c1. The monoisotopic (exact) mass is 438 g/mol. The number of carbonyl (C=O) groups is 1. The first kappa shape index (κ1) is 21.8. The van der Waals surface area contributed by atoms with Gasteiger partial charge in [-0.2, -0.15) is 0 Å². The van der Waals surface area contributed by atoms with Crippen LogP contribution in [0.25, 0.3) is 11.3 Å². The van der Waals surface area contributed by atoms with Gasteiger partial charge in [0.15, 0.2) is 0 Å². The summed E-state index contributed by atoms with van der Waals surface area (Å²) in [5.41, 5.74) is 2.11. The van der Waals surface area contributed by atoms with E-state index in [1.54, 1.807) is 24.3 Å². The third-order valence-electron chi connectivity index (χ3n) is 5.21. The summed E-state index contributed by atoms with van der Waals surface area (Å²) in [4.78, 5) is 16.2. The van der Waals surface area contributed by atoms with Crippen molar-refractivity contribution in [1.29, 1.82) is 0 Å². The van der Waals surface area contributed by atoms with E-state index in [1.807, 2.05) is 12.1 Å². The summed E-state index contributed by atoms with van der Waals surface area (Å²) in [6, 6.07) is 13.7. The molecule has 0 radical (unpaired) electrons. The van der Waals surface area contributed by atoms with Gasteiger partial charge in [0.25, 0.3) is 5.91 Å². The molecule has 1 fully saturated rings. The molecule has 4 rings (SSSR count). The second kappa shape index (κ2) is 10.2. The Labute approximate surface area is 184 Å². The molecule has 0 saturated carbocycles. The van der Waals surface area contributed by atoms with Crippen LogP contribution in [0.1, 0.15) is 22.5 Å². The Kier molecular flexibility index (Phi) is 6.96. The summed E-state index contributed by atoms with van der Waals surface area (Å²) >= 11 is 0. The van der Waals surface area contributed by atoms with E-state index < -0.39 is 12.0 Å². The third kappa shape index (κ3) is 5.61. The average molecular weight is 438 g/mol. The molecule has 0 unspecified atom stereocenters. The molecular formula is C23H24F2N6O. The molecule has 3 N–H and O–H groups in total. The number of carbonyl (C=O) groups excluding carboxylic acids is 1. The predicted molar refractivity (Wildman–Crippen MR) is 117 cm³/mol. The minimum atomic E-state index is -1.22. The molecule has 0 spiro atoms. The van der Waals surface area contributed by atoms with Gasteiger partial charge in [0.2, 0.25) is 0 Å². The number of alkyl halides is 1. The lowest BCUT2D eigenvalue weighted by Crippen LogP contribution is -2.56. The smallest absolute Gasteiger partial charge is 0.251 e. The van der Waals surface area contributed by atoms with E-state index in [0.717, 1.165) is 18.7 Å². The van der Waals surface area contributed by atoms with Crippen LogP contribution in [0.5, 0.6) is 0 Å². The molecule has 9 heteroatoms. The van der Waals surface area contributed by atoms with E-state index in [4.69, 9.17) is 0 Å². The number of halogens is 2. The zero-order valence-electron chi connectivity index (χ0n) is 17.4. The zero-order chi connectivity index (χ0) is 22.3. The summed E-state index contributed by atoms with van der Waals surface area (Å²) in [5, 5.41) is 17.4. The number of aromatic nitrogens is 3. The molecule has 1 aliphatic rings. The summed E-state index contributed by atoms with van der Waals surface area (Å²) in [7, 11) is 0. The predicted octanol–water partition coefficient (Wildman–Crippen LogP) is 2.76.